The summed E-state index contributed by atoms with van der Waals surface area (Å²) in [5.74, 6) is 0.106. The molecule has 22 heavy (non-hydrogen) atoms. The summed E-state index contributed by atoms with van der Waals surface area (Å²) in [7, 11) is 0. The van der Waals surface area contributed by atoms with Gasteiger partial charge in [0.05, 0.1) is 6.04 Å². The predicted octanol–water partition coefficient (Wildman–Crippen LogP) is 4.42. The summed E-state index contributed by atoms with van der Waals surface area (Å²) in [5, 5.41) is 3.11. The van der Waals surface area contributed by atoms with Crippen LogP contribution in [0.3, 0.4) is 0 Å². The SMILES string of the molecule is Cc1cc(C)c([C@@H](C)NC(=O)CCc2ccccc2)cc1C. The summed E-state index contributed by atoms with van der Waals surface area (Å²) >= 11 is 0. The van der Waals surface area contributed by atoms with Crippen molar-refractivity contribution in [3.05, 3.63) is 70.3 Å². The third-order valence-corrected chi connectivity index (χ3v) is 4.21. The molecule has 1 atom stereocenters. The minimum atomic E-state index is 0.0440. The van der Waals surface area contributed by atoms with Crippen molar-refractivity contribution in [3.63, 3.8) is 0 Å². The van der Waals surface area contributed by atoms with Gasteiger partial charge in [0, 0.05) is 6.42 Å². The highest BCUT2D eigenvalue weighted by Crippen LogP contribution is 2.21. The Kier molecular flexibility index (Phi) is 5.37. The van der Waals surface area contributed by atoms with E-state index in [1.54, 1.807) is 0 Å². The number of carbonyl (C=O) groups excluding carboxylic acids is 1. The normalized spacial score (nSPS) is 12.0. The molecule has 0 heterocycles. The van der Waals surface area contributed by atoms with Gasteiger partial charge in [-0.05, 0) is 61.9 Å². The first-order valence-electron chi connectivity index (χ1n) is 7.88. The summed E-state index contributed by atoms with van der Waals surface area (Å²) in [6, 6.07) is 14.6. The van der Waals surface area contributed by atoms with Gasteiger partial charge in [0.15, 0.2) is 0 Å². The molecule has 2 aromatic rings. The topological polar surface area (TPSA) is 29.1 Å². The second-order valence-electron chi connectivity index (χ2n) is 6.07. The molecule has 0 saturated heterocycles. The van der Waals surface area contributed by atoms with Crippen molar-refractivity contribution >= 4 is 5.91 Å². The Bertz CT molecular complexity index is 646. The van der Waals surface area contributed by atoms with Gasteiger partial charge in [0.25, 0.3) is 0 Å². The van der Waals surface area contributed by atoms with E-state index in [-0.39, 0.29) is 11.9 Å². The molecule has 0 aromatic heterocycles. The van der Waals surface area contributed by atoms with Crippen LogP contribution in [0.1, 0.15) is 47.2 Å². The molecule has 2 rings (SSSR count). The standard InChI is InChI=1S/C20H25NO/c1-14-12-16(3)19(13-15(14)2)17(4)21-20(22)11-10-18-8-6-5-7-9-18/h5-9,12-13,17H,10-11H2,1-4H3,(H,21,22)/t17-/m1/s1. The number of hydrogen-bond acceptors (Lipinski definition) is 1. The Morgan fingerprint density at radius 1 is 1.00 bits per heavy atom. The van der Waals surface area contributed by atoms with Gasteiger partial charge in [0.2, 0.25) is 5.91 Å². The second kappa shape index (κ2) is 7.26. The second-order valence-corrected chi connectivity index (χ2v) is 6.07. The van der Waals surface area contributed by atoms with Crippen LogP contribution in [0.25, 0.3) is 0 Å². The fourth-order valence-electron chi connectivity index (χ4n) is 2.74. The molecule has 0 bridgehead atoms. The fourth-order valence-corrected chi connectivity index (χ4v) is 2.74. The van der Waals surface area contributed by atoms with E-state index < -0.39 is 0 Å². The van der Waals surface area contributed by atoms with Gasteiger partial charge in [-0.25, -0.2) is 0 Å². The Balaban J connectivity index is 1.95. The molecule has 0 radical (unpaired) electrons. The molecule has 116 valence electrons. The zero-order valence-electron chi connectivity index (χ0n) is 13.9. The molecule has 0 spiro atoms. The van der Waals surface area contributed by atoms with Crippen LogP contribution in [-0.2, 0) is 11.2 Å². The first kappa shape index (κ1) is 16.3. The van der Waals surface area contributed by atoms with Crippen LogP contribution in [0, 0.1) is 20.8 Å². The molecule has 0 aliphatic heterocycles. The van der Waals surface area contributed by atoms with E-state index in [1.165, 1.54) is 27.8 Å². The van der Waals surface area contributed by atoms with Crippen LogP contribution >= 0.6 is 0 Å². The maximum Gasteiger partial charge on any atom is 0.220 e. The highest BCUT2D eigenvalue weighted by molar-refractivity contribution is 5.76. The first-order chi connectivity index (χ1) is 10.5. The van der Waals surface area contributed by atoms with Crippen LogP contribution < -0.4 is 5.32 Å². The molecular weight excluding hydrogens is 270 g/mol. The molecule has 0 aliphatic carbocycles. The molecular formula is C20H25NO. The van der Waals surface area contributed by atoms with Crippen LogP contribution in [0.4, 0.5) is 0 Å². The number of rotatable bonds is 5. The van der Waals surface area contributed by atoms with Gasteiger partial charge >= 0.3 is 0 Å². The Hall–Kier alpha value is -2.09. The summed E-state index contributed by atoms with van der Waals surface area (Å²) < 4.78 is 0. The number of nitrogens with one attached hydrogen (secondary N) is 1. The van der Waals surface area contributed by atoms with Crippen molar-refractivity contribution in [2.45, 2.75) is 46.6 Å². The average molecular weight is 295 g/mol. The summed E-state index contributed by atoms with van der Waals surface area (Å²) in [4.78, 5) is 12.2. The number of benzene rings is 2. The van der Waals surface area contributed by atoms with Crippen molar-refractivity contribution in [1.82, 2.24) is 5.32 Å². The van der Waals surface area contributed by atoms with Gasteiger partial charge in [0.1, 0.15) is 0 Å². The zero-order valence-corrected chi connectivity index (χ0v) is 13.9. The molecule has 1 N–H and O–H groups in total. The number of amides is 1. The van der Waals surface area contributed by atoms with Gasteiger partial charge in [-0.3, -0.25) is 4.79 Å². The zero-order chi connectivity index (χ0) is 16.1. The highest BCUT2D eigenvalue weighted by Gasteiger charge is 2.12. The Morgan fingerprint density at radius 3 is 2.32 bits per heavy atom. The Labute approximate surface area is 133 Å². The van der Waals surface area contributed by atoms with Crippen LogP contribution in [0.15, 0.2) is 42.5 Å². The van der Waals surface area contributed by atoms with E-state index in [4.69, 9.17) is 0 Å². The molecule has 2 nitrogen and oxygen atoms in total. The van der Waals surface area contributed by atoms with E-state index in [0.29, 0.717) is 6.42 Å². The maximum absolute atomic E-state index is 12.2. The van der Waals surface area contributed by atoms with E-state index >= 15 is 0 Å². The van der Waals surface area contributed by atoms with Gasteiger partial charge < -0.3 is 5.32 Å². The lowest BCUT2D eigenvalue weighted by Gasteiger charge is -2.18. The fraction of sp³-hybridized carbons (Fsp3) is 0.350. The summed E-state index contributed by atoms with van der Waals surface area (Å²) in [6.07, 6.45) is 1.31. The van der Waals surface area contributed by atoms with Crippen LogP contribution in [-0.4, -0.2) is 5.91 Å². The van der Waals surface area contributed by atoms with Crippen molar-refractivity contribution in [2.75, 3.05) is 0 Å². The predicted molar refractivity (Wildman–Crippen MR) is 92.0 cm³/mol. The lowest BCUT2D eigenvalue weighted by molar-refractivity contribution is -0.121. The molecule has 2 heteroatoms. The highest BCUT2D eigenvalue weighted by atomic mass is 16.1. The third-order valence-electron chi connectivity index (χ3n) is 4.21. The molecule has 0 aliphatic rings. The first-order valence-corrected chi connectivity index (χ1v) is 7.88. The van der Waals surface area contributed by atoms with E-state index in [0.717, 1.165) is 6.42 Å². The lowest BCUT2D eigenvalue weighted by Crippen LogP contribution is -2.27. The largest absolute Gasteiger partial charge is 0.350 e. The van der Waals surface area contributed by atoms with Gasteiger partial charge in [-0.2, -0.15) is 0 Å². The van der Waals surface area contributed by atoms with E-state index in [9.17, 15) is 4.79 Å². The van der Waals surface area contributed by atoms with Gasteiger partial charge in [-0.1, -0.05) is 42.5 Å². The monoisotopic (exact) mass is 295 g/mol. The number of aryl methyl sites for hydroxylation is 4. The van der Waals surface area contributed by atoms with Crippen molar-refractivity contribution in [3.8, 4) is 0 Å². The summed E-state index contributed by atoms with van der Waals surface area (Å²) in [6.45, 7) is 8.39. The van der Waals surface area contributed by atoms with Crippen molar-refractivity contribution < 1.29 is 4.79 Å². The quantitative estimate of drug-likeness (QED) is 0.869. The van der Waals surface area contributed by atoms with Gasteiger partial charge in [-0.15, -0.1) is 0 Å². The molecule has 1 amide bonds. The minimum Gasteiger partial charge on any atom is -0.350 e. The maximum atomic E-state index is 12.2. The molecule has 0 fully saturated rings. The third kappa shape index (κ3) is 4.20. The molecule has 0 unspecified atom stereocenters. The number of carbonyl (C=O) groups is 1. The lowest BCUT2D eigenvalue weighted by atomic mass is 9.96. The minimum absolute atomic E-state index is 0.0440. The Morgan fingerprint density at radius 2 is 1.64 bits per heavy atom. The van der Waals surface area contributed by atoms with Crippen molar-refractivity contribution in [1.29, 1.82) is 0 Å². The van der Waals surface area contributed by atoms with Crippen LogP contribution in [0.2, 0.25) is 0 Å². The van der Waals surface area contributed by atoms with E-state index in [2.05, 4.69) is 57.3 Å². The van der Waals surface area contributed by atoms with Crippen molar-refractivity contribution in [2.24, 2.45) is 0 Å². The smallest absolute Gasteiger partial charge is 0.220 e. The van der Waals surface area contributed by atoms with Crippen LogP contribution in [0.5, 0.6) is 0 Å². The summed E-state index contributed by atoms with van der Waals surface area (Å²) in [5.41, 5.74) is 6.21. The van der Waals surface area contributed by atoms with E-state index in [1.807, 2.05) is 18.2 Å². The molecule has 0 saturated carbocycles. The average Bonchev–Trinajstić information content (AvgIpc) is 2.50. The molecule has 2 aromatic carbocycles. The number of hydrogen-bond donors (Lipinski definition) is 1.